The van der Waals surface area contributed by atoms with Gasteiger partial charge in [-0.05, 0) is 19.1 Å². The minimum absolute atomic E-state index is 0.130. The largest absolute Gasteiger partial charge is 0.384 e. The van der Waals surface area contributed by atoms with Gasteiger partial charge in [0.1, 0.15) is 23.2 Å². The zero-order valence-electron chi connectivity index (χ0n) is 11.1. The summed E-state index contributed by atoms with van der Waals surface area (Å²) in [5.74, 6) is 0.485. The molecule has 102 valence electrons. The van der Waals surface area contributed by atoms with Gasteiger partial charge in [0.25, 0.3) is 0 Å². The number of nitrogens with two attached hydrogens (primary N) is 1. The lowest BCUT2D eigenvalue weighted by atomic mass is 10.1. The van der Waals surface area contributed by atoms with E-state index in [-0.39, 0.29) is 11.4 Å². The van der Waals surface area contributed by atoms with E-state index in [1.807, 2.05) is 6.07 Å². The molecule has 21 heavy (non-hydrogen) atoms. The predicted octanol–water partition coefficient (Wildman–Crippen LogP) is 0.938. The van der Waals surface area contributed by atoms with Gasteiger partial charge in [0.05, 0.1) is 16.6 Å². The first-order valence-corrected chi connectivity index (χ1v) is 6.13. The second-order valence-corrected chi connectivity index (χ2v) is 4.40. The Balaban J connectivity index is 2.50. The fourth-order valence-electron chi connectivity index (χ4n) is 2.14. The number of anilines is 1. The van der Waals surface area contributed by atoms with Crippen LogP contribution in [0, 0.1) is 18.3 Å². The molecule has 0 unspecified atom stereocenters. The number of nitrogens with zero attached hydrogens (tertiary/aromatic N) is 5. The smallest absolute Gasteiger partial charge is 0.355 e. The lowest BCUT2D eigenvalue weighted by Gasteiger charge is -2.11. The standard InChI is InChI=1S/C14H10N6O/c1-8-12-11(9(6-15)7-18-8)13(16)20(14(21)19-12)10-4-2-3-5-17-10/h2-5,7H,16H2,1H3. The molecule has 3 heterocycles. The van der Waals surface area contributed by atoms with Crippen molar-refractivity contribution >= 4 is 16.7 Å². The monoisotopic (exact) mass is 278 g/mol. The summed E-state index contributed by atoms with van der Waals surface area (Å²) >= 11 is 0. The van der Waals surface area contributed by atoms with Crippen molar-refractivity contribution in [1.29, 1.82) is 5.26 Å². The van der Waals surface area contributed by atoms with Gasteiger partial charge in [0.15, 0.2) is 0 Å². The number of rotatable bonds is 1. The lowest BCUT2D eigenvalue weighted by Crippen LogP contribution is -2.25. The Kier molecular flexibility index (Phi) is 2.84. The molecule has 0 amide bonds. The zero-order chi connectivity index (χ0) is 15.0. The third-order valence-corrected chi connectivity index (χ3v) is 3.13. The summed E-state index contributed by atoms with van der Waals surface area (Å²) in [6.07, 6.45) is 2.97. The summed E-state index contributed by atoms with van der Waals surface area (Å²) in [6.45, 7) is 1.71. The van der Waals surface area contributed by atoms with Gasteiger partial charge in [-0.1, -0.05) is 6.07 Å². The average molecular weight is 278 g/mol. The number of aryl methyl sites for hydroxylation is 1. The van der Waals surface area contributed by atoms with Crippen molar-refractivity contribution in [2.24, 2.45) is 0 Å². The second kappa shape index (κ2) is 4.68. The van der Waals surface area contributed by atoms with E-state index in [9.17, 15) is 10.1 Å². The van der Waals surface area contributed by atoms with Crippen LogP contribution in [0.3, 0.4) is 0 Å². The fourth-order valence-corrected chi connectivity index (χ4v) is 2.14. The van der Waals surface area contributed by atoms with Gasteiger partial charge in [-0.2, -0.15) is 10.2 Å². The SMILES string of the molecule is Cc1ncc(C#N)c2c(N)n(-c3ccccn3)c(=O)nc12. The molecular formula is C14H10N6O. The fraction of sp³-hybridized carbons (Fsp3) is 0.0714. The summed E-state index contributed by atoms with van der Waals surface area (Å²) in [6, 6.07) is 7.13. The van der Waals surface area contributed by atoms with E-state index in [0.29, 0.717) is 22.4 Å². The van der Waals surface area contributed by atoms with Crippen LogP contribution in [0.1, 0.15) is 11.3 Å². The Hall–Kier alpha value is -3.27. The van der Waals surface area contributed by atoms with Crippen molar-refractivity contribution in [2.45, 2.75) is 6.92 Å². The quantitative estimate of drug-likeness (QED) is 0.709. The molecule has 0 aliphatic heterocycles. The van der Waals surface area contributed by atoms with Crippen LogP contribution >= 0.6 is 0 Å². The molecule has 2 N–H and O–H groups in total. The number of aromatic nitrogens is 4. The van der Waals surface area contributed by atoms with E-state index in [2.05, 4.69) is 15.0 Å². The molecule has 0 atom stereocenters. The topological polar surface area (TPSA) is 110 Å². The first kappa shape index (κ1) is 12.7. The Morgan fingerprint density at radius 2 is 2.14 bits per heavy atom. The molecule has 3 aromatic rings. The highest BCUT2D eigenvalue weighted by Crippen LogP contribution is 2.24. The third-order valence-electron chi connectivity index (χ3n) is 3.13. The van der Waals surface area contributed by atoms with E-state index in [4.69, 9.17) is 5.73 Å². The van der Waals surface area contributed by atoms with Crippen LogP contribution in [-0.2, 0) is 0 Å². The maximum Gasteiger partial charge on any atom is 0.355 e. The van der Waals surface area contributed by atoms with E-state index in [1.165, 1.54) is 10.8 Å². The Bertz CT molecular complexity index is 940. The molecule has 0 spiro atoms. The van der Waals surface area contributed by atoms with E-state index in [1.54, 1.807) is 31.3 Å². The first-order chi connectivity index (χ1) is 10.1. The molecule has 0 radical (unpaired) electrons. The number of hydrogen-bond acceptors (Lipinski definition) is 6. The number of hydrogen-bond donors (Lipinski definition) is 1. The Labute approximate surface area is 119 Å². The normalized spacial score (nSPS) is 10.5. The van der Waals surface area contributed by atoms with Crippen LogP contribution in [-0.4, -0.2) is 19.5 Å². The summed E-state index contributed by atoms with van der Waals surface area (Å²) < 4.78 is 1.18. The van der Waals surface area contributed by atoms with Crippen molar-refractivity contribution in [1.82, 2.24) is 19.5 Å². The molecule has 7 heteroatoms. The predicted molar refractivity (Wildman–Crippen MR) is 76.8 cm³/mol. The van der Waals surface area contributed by atoms with Crippen molar-refractivity contribution in [3.63, 3.8) is 0 Å². The van der Waals surface area contributed by atoms with Crippen LogP contribution in [0.15, 0.2) is 35.4 Å². The van der Waals surface area contributed by atoms with E-state index in [0.717, 1.165) is 0 Å². The molecule has 7 nitrogen and oxygen atoms in total. The molecule has 3 aromatic heterocycles. The van der Waals surface area contributed by atoms with Crippen LogP contribution in [0.4, 0.5) is 5.82 Å². The van der Waals surface area contributed by atoms with Gasteiger partial charge < -0.3 is 5.73 Å². The second-order valence-electron chi connectivity index (χ2n) is 4.40. The van der Waals surface area contributed by atoms with Gasteiger partial charge in [-0.3, -0.25) is 4.98 Å². The summed E-state index contributed by atoms with van der Waals surface area (Å²) in [7, 11) is 0. The number of pyridine rings is 2. The zero-order valence-corrected chi connectivity index (χ0v) is 11.1. The Morgan fingerprint density at radius 1 is 1.33 bits per heavy atom. The molecular weight excluding hydrogens is 268 g/mol. The minimum Gasteiger partial charge on any atom is -0.384 e. The van der Waals surface area contributed by atoms with Crippen molar-refractivity contribution in [3.8, 4) is 11.9 Å². The van der Waals surface area contributed by atoms with Gasteiger partial charge in [0, 0.05) is 12.4 Å². The molecule has 0 saturated carbocycles. The lowest BCUT2D eigenvalue weighted by molar-refractivity contribution is 0.909. The van der Waals surface area contributed by atoms with Gasteiger partial charge >= 0.3 is 5.69 Å². The van der Waals surface area contributed by atoms with Crippen LogP contribution < -0.4 is 11.4 Å². The van der Waals surface area contributed by atoms with Crippen LogP contribution in [0.5, 0.6) is 0 Å². The third kappa shape index (κ3) is 1.90. The van der Waals surface area contributed by atoms with Gasteiger partial charge in [-0.25, -0.2) is 14.3 Å². The first-order valence-electron chi connectivity index (χ1n) is 6.13. The highest BCUT2D eigenvalue weighted by atomic mass is 16.1. The molecule has 0 saturated heterocycles. The maximum atomic E-state index is 12.2. The maximum absolute atomic E-state index is 12.2. The van der Waals surface area contributed by atoms with Crippen molar-refractivity contribution < 1.29 is 0 Å². The summed E-state index contributed by atoms with van der Waals surface area (Å²) in [5.41, 5.74) is 6.69. The summed E-state index contributed by atoms with van der Waals surface area (Å²) in [4.78, 5) is 24.4. The highest BCUT2D eigenvalue weighted by Gasteiger charge is 2.16. The number of fused-ring (bicyclic) bond motifs is 1. The van der Waals surface area contributed by atoms with Crippen molar-refractivity contribution in [3.05, 3.63) is 52.3 Å². The van der Waals surface area contributed by atoms with Gasteiger partial charge in [-0.15, -0.1) is 0 Å². The molecule has 0 fully saturated rings. The van der Waals surface area contributed by atoms with E-state index < -0.39 is 5.69 Å². The van der Waals surface area contributed by atoms with Crippen LogP contribution in [0.2, 0.25) is 0 Å². The van der Waals surface area contributed by atoms with Gasteiger partial charge in [0.2, 0.25) is 0 Å². The minimum atomic E-state index is -0.557. The van der Waals surface area contributed by atoms with E-state index >= 15 is 0 Å². The number of nitrogen functional groups attached to an aromatic ring is 1. The highest BCUT2D eigenvalue weighted by molar-refractivity contribution is 5.94. The molecule has 3 rings (SSSR count). The molecule has 0 aliphatic rings. The summed E-state index contributed by atoms with van der Waals surface area (Å²) in [5, 5.41) is 9.62. The molecule has 0 aromatic carbocycles. The van der Waals surface area contributed by atoms with Crippen molar-refractivity contribution in [2.75, 3.05) is 5.73 Å². The Morgan fingerprint density at radius 3 is 2.81 bits per heavy atom. The number of nitriles is 1. The van der Waals surface area contributed by atoms with Crippen LogP contribution in [0.25, 0.3) is 16.7 Å². The molecule has 0 aliphatic carbocycles. The average Bonchev–Trinajstić information content (AvgIpc) is 2.49. The molecule has 0 bridgehead atoms.